The third-order valence-corrected chi connectivity index (χ3v) is 3.41. The molecule has 0 aliphatic heterocycles. The monoisotopic (exact) mass is 307 g/mol. The highest BCUT2D eigenvalue weighted by atomic mass is 35.5. The average Bonchev–Trinajstić information content (AvgIpc) is 2.46. The fourth-order valence-corrected chi connectivity index (χ4v) is 2.12. The Balaban J connectivity index is 2.01. The van der Waals surface area contributed by atoms with E-state index in [0.717, 1.165) is 5.56 Å². The van der Waals surface area contributed by atoms with E-state index in [1.54, 1.807) is 24.4 Å². The molecule has 110 valence electrons. The van der Waals surface area contributed by atoms with Gasteiger partial charge in [-0.1, -0.05) is 23.7 Å². The van der Waals surface area contributed by atoms with Crippen LogP contribution in [0.5, 0.6) is 0 Å². The summed E-state index contributed by atoms with van der Waals surface area (Å²) in [6.07, 6.45) is 3.56. The number of primary amides is 1. The Hall–Kier alpha value is -2.14. The van der Waals surface area contributed by atoms with Crippen molar-refractivity contribution in [3.63, 3.8) is 0 Å². The van der Waals surface area contributed by atoms with Gasteiger partial charge >= 0.3 is 0 Å². The fourth-order valence-electron chi connectivity index (χ4n) is 1.93. The molecule has 1 aromatic heterocycles. The number of nitrogens with one attached hydrogen (secondary N) is 1. The van der Waals surface area contributed by atoms with Crippen molar-refractivity contribution in [2.75, 3.05) is 11.9 Å². The molecule has 0 aliphatic rings. The van der Waals surface area contributed by atoms with E-state index in [-0.39, 0.29) is 5.82 Å². The van der Waals surface area contributed by atoms with Crippen LogP contribution >= 0.6 is 11.6 Å². The molecular weight excluding hydrogens is 293 g/mol. The van der Waals surface area contributed by atoms with Gasteiger partial charge < -0.3 is 11.1 Å². The smallest absolute Gasteiger partial charge is 0.222 e. The molecule has 0 fully saturated rings. The number of rotatable bonds is 6. The summed E-state index contributed by atoms with van der Waals surface area (Å²) in [6.45, 7) is 0.344. The molecule has 1 amide bonds. The average molecular weight is 308 g/mol. The number of amides is 1. The van der Waals surface area contributed by atoms with Gasteiger partial charge in [-0.25, -0.2) is 4.39 Å². The zero-order valence-electron chi connectivity index (χ0n) is 11.2. The van der Waals surface area contributed by atoms with Gasteiger partial charge in [0.15, 0.2) is 0 Å². The highest BCUT2D eigenvalue weighted by Gasteiger charge is 2.16. The van der Waals surface area contributed by atoms with Crippen molar-refractivity contribution >= 4 is 23.2 Å². The first kappa shape index (κ1) is 15.3. The Morgan fingerprint density at radius 1 is 1.33 bits per heavy atom. The Bertz CT molecular complexity index is 619. The minimum Gasteiger partial charge on any atom is -0.383 e. The minimum atomic E-state index is -0.419. The Kier molecular flexibility index (Phi) is 5.11. The third kappa shape index (κ3) is 4.43. The van der Waals surface area contributed by atoms with Crippen LogP contribution in [0.1, 0.15) is 5.56 Å². The zero-order valence-corrected chi connectivity index (χ0v) is 12.0. The molecule has 0 bridgehead atoms. The minimum absolute atomic E-state index is 0.309. The van der Waals surface area contributed by atoms with Crippen molar-refractivity contribution < 1.29 is 9.18 Å². The van der Waals surface area contributed by atoms with Gasteiger partial charge in [-0.3, -0.25) is 9.78 Å². The second-order valence-corrected chi connectivity index (χ2v) is 5.07. The van der Waals surface area contributed by atoms with Crippen molar-refractivity contribution in [3.8, 4) is 0 Å². The number of benzene rings is 1. The van der Waals surface area contributed by atoms with Gasteiger partial charge in [0, 0.05) is 18.9 Å². The van der Waals surface area contributed by atoms with Crippen molar-refractivity contribution in [2.24, 2.45) is 11.7 Å². The summed E-state index contributed by atoms with van der Waals surface area (Å²) in [5.74, 6) is -1.15. The van der Waals surface area contributed by atoms with Crippen LogP contribution in [0, 0.1) is 11.7 Å². The number of hydrogen-bond donors (Lipinski definition) is 2. The fraction of sp³-hybridized carbons (Fsp3) is 0.200. The molecule has 0 radical (unpaired) electrons. The standard InChI is InChI=1S/C15H15ClFN3O/c16-13-9-19-6-5-14(13)20-8-11(15(18)21)7-10-1-3-12(17)4-2-10/h1-6,9,11H,7-8H2,(H2,18,21)(H,19,20)/t11-/m0/s1. The molecule has 3 N–H and O–H groups in total. The maximum Gasteiger partial charge on any atom is 0.222 e. The SMILES string of the molecule is NC(=O)[C@H](CNc1ccncc1Cl)Cc1ccc(F)cc1. The molecular formula is C15H15ClFN3O. The lowest BCUT2D eigenvalue weighted by atomic mass is 9.98. The molecule has 1 atom stereocenters. The highest BCUT2D eigenvalue weighted by Crippen LogP contribution is 2.20. The molecule has 0 unspecified atom stereocenters. The van der Waals surface area contributed by atoms with E-state index in [1.165, 1.54) is 18.3 Å². The largest absolute Gasteiger partial charge is 0.383 e. The van der Waals surface area contributed by atoms with Crippen LogP contribution in [0.4, 0.5) is 10.1 Å². The summed E-state index contributed by atoms with van der Waals surface area (Å²) in [4.78, 5) is 15.4. The van der Waals surface area contributed by atoms with Gasteiger partial charge in [0.1, 0.15) is 5.82 Å². The summed E-state index contributed by atoms with van der Waals surface area (Å²) in [7, 11) is 0. The van der Waals surface area contributed by atoms with E-state index in [1.807, 2.05) is 0 Å². The molecule has 0 saturated heterocycles. The van der Waals surface area contributed by atoms with Gasteiger partial charge in [-0.2, -0.15) is 0 Å². The predicted octanol–water partition coefficient (Wildman–Crippen LogP) is 2.63. The molecule has 21 heavy (non-hydrogen) atoms. The number of hydrogen-bond acceptors (Lipinski definition) is 3. The number of aromatic nitrogens is 1. The second kappa shape index (κ2) is 7.04. The van der Waals surface area contributed by atoms with Gasteiger partial charge in [0.2, 0.25) is 5.91 Å². The molecule has 6 heteroatoms. The molecule has 1 heterocycles. The number of nitrogens with zero attached hydrogens (tertiary/aromatic N) is 1. The topological polar surface area (TPSA) is 68.0 Å². The first-order valence-corrected chi connectivity index (χ1v) is 6.81. The summed E-state index contributed by atoms with van der Waals surface area (Å²) >= 11 is 5.98. The Morgan fingerprint density at radius 3 is 2.67 bits per heavy atom. The van der Waals surface area contributed by atoms with Crippen LogP contribution in [-0.4, -0.2) is 17.4 Å². The number of anilines is 1. The van der Waals surface area contributed by atoms with Gasteiger partial charge in [0.25, 0.3) is 0 Å². The maximum absolute atomic E-state index is 12.9. The van der Waals surface area contributed by atoms with Gasteiger partial charge in [-0.15, -0.1) is 0 Å². The van der Waals surface area contributed by atoms with E-state index in [9.17, 15) is 9.18 Å². The number of carbonyl (C=O) groups is 1. The van der Waals surface area contributed by atoms with Crippen LogP contribution in [0.15, 0.2) is 42.7 Å². The quantitative estimate of drug-likeness (QED) is 0.862. The molecule has 0 spiro atoms. The van der Waals surface area contributed by atoms with Crippen LogP contribution in [-0.2, 0) is 11.2 Å². The van der Waals surface area contributed by atoms with E-state index >= 15 is 0 Å². The summed E-state index contributed by atoms with van der Waals surface area (Å²) in [5.41, 5.74) is 6.96. The molecule has 1 aromatic carbocycles. The lowest BCUT2D eigenvalue weighted by Gasteiger charge is -2.16. The van der Waals surface area contributed by atoms with Crippen LogP contribution in [0.3, 0.4) is 0 Å². The molecule has 4 nitrogen and oxygen atoms in total. The van der Waals surface area contributed by atoms with Crippen molar-refractivity contribution in [1.82, 2.24) is 4.98 Å². The highest BCUT2D eigenvalue weighted by molar-refractivity contribution is 6.33. The van der Waals surface area contributed by atoms with E-state index in [2.05, 4.69) is 10.3 Å². The Labute approximate surface area is 127 Å². The van der Waals surface area contributed by atoms with E-state index in [0.29, 0.717) is 23.7 Å². The first-order chi connectivity index (χ1) is 10.1. The zero-order chi connectivity index (χ0) is 15.2. The lowest BCUT2D eigenvalue weighted by Crippen LogP contribution is -2.31. The number of nitrogens with two attached hydrogens (primary N) is 1. The normalized spacial score (nSPS) is 11.9. The van der Waals surface area contributed by atoms with Crippen molar-refractivity contribution in [1.29, 1.82) is 0 Å². The van der Waals surface area contributed by atoms with Crippen LogP contribution < -0.4 is 11.1 Å². The lowest BCUT2D eigenvalue weighted by molar-refractivity contribution is -0.121. The molecule has 2 rings (SSSR count). The summed E-state index contributed by atoms with van der Waals surface area (Å²) < 4.78 is 12.9. The van der Waals surface area contributed by atoms with Crippen molar-refractivity contribution in [2.45, 2.75) is 6.42 Å². The number of pyridine rings is 1. The van der Waals surface area contributed by atoms with E-state index in [4.69, 9.17) is 17.3 Å². The molecule has 0 aliphatic carbocycles. The number of halogens is 2. The Morgan fingerprint density at radius 2 is 2.05 bits per heavy atom. The summed E-state index contributed by atoms with van der Waals surface area (Å²) in [6, 6.07) is 7.73. The maximum atomic E-state index is 12.9. The van der Waals surface area contributed by atoms with E-state index < -0.39 is 11.8 Å². The third-order valence-electron chi connectivity index (χ3n) is 3.11. The van der Waals surface area contributed by atoms with Crippen LogP contribution in [0.2, 0.25) is 5.02 Å². The van der Waals surface area contributed by atoms with Gasteiger partial charge in [-0.05, 0) is 30.2 Å². The van der Waals surface area contributed by atoms with Crippen LogP contribution in [0.25, 0.3) is 0 Å². The predicted molar refractivity (Wildman–Crippen MR) is 80.5 cm³/mol. The van der Waals surface area contributed by atoms with Gasteiger partial charge in [0.05, 0.1) is 16.6 Å². The molecule has 2 aromatic rings. The second-order valence-electron chi connectivity index (χ2n) is 4.67. The number of carbonyl (C=O) groups excluding carboxylic acids is 1. The summed E-state index contributed by atoms with van der Waals surface area (Å²) in [5, 5.41) is 3.55. The first-order valence-electron chi connectivity index (χ1n) is 6.43. The molecule has 0 saturated carbocycles. The van der Waals surface area contributed by atoms with Crippen molar-refractivity contribution in [3.05, 3.63) is 59.1 Å².